The van der Waals surface area contributed by atoms with Crippen LogP contribution in [-0.2, 0) is 24.4 Å². The van der Waals surface area contributed by atoms with Gasteiger partial charge in [-0.2, -0.15) is 4.98 Å². The van der Waals surface area contributed by atoms with Gasteiger partial charge in [-0.05, 0) is 61.8 Å². The molecule has 1 aromatic heterocycles. The Morgan fingerprint density at radius 3 is 2.70 bits per heavy atom. The number of fused-ring (bicyclic) bond motifs is 3. The maximum Gasteiger partial charge on any atom is 0.259 e. The van der Waals surface area contributed by atoms with E-state index in [-0.39, 0.29) is 37.1 Å². The van der Waals surface area contributed by atoms with E-state index in [0.29, 0.717) is 36.9 Å². The molecule has 248 valence electrons. The number of rotatable bonds is 7. The molecule has 6 rings (SSSR count). The van der Waals surface area contributed by atoms with Crippen molar-refractivity contribution in [2.75, 3.05) is 13.7 Å². The Kier molecular flexibility index (Phi) is 9.02. The van der Waals surface area contributed by atoms with Crippen molar-refractivity contribution in [3.05, 3.63) is 42.5 Å². The van der Waals surface area contributed by atoms with Gasteiger partial charge in [-0.3, -0.25) is 19.1 Å². The van der Waals surface area contributed by atoms with E-state index in [1.54, 1.807) is 4.90 Å². The molecular formula is C34H44N4O7S. The number of aromatic nitrogens is 1. The maximum atomic E-state index is 14.1. The van der Waals surface area contributed by atoms with E-state index in [0.717, 1.165) is 36.5 Å². The Morgan fingerprint density at radius 1 is 1.17 bits per heavy atom. The van der Waals surface area contributed by atoms with E-state index in [4.69, 9.17) is 9.47 Å². The van der Waals surface area contributed by atoms with Crippen molar-refractivity contribution in [2.45, 2.75) is 94.6 Å². The monoisotopic (exact) mass is 652 g/mol. The summed E-state index contributed by atoms with van der Waals surface area (Å²) in [6, 6.07) is 8.55. The number of allylic oxidation sites excluding steroid dienone is 1. The number of amides is 3. The molecule has 3 amide bonds. The summed E-state index contributed by atoms with van der Waals surface area (Å²) in [7, 11) is -2.29. The van der Waals surface area contributed by atoms with Gasteiger partial charge in [0, 0.05) is 30.2 Å². The van der Waals surface area contributed by atoms with Gasteiger partial charge < -0.3 is 19.7 Å². The van der Waals surface area contributed by atoms with Crippen LogP contribution in [0.4, 0.5) is 0 Å². The van der Waals surface area contributed by atoms with Gasteiger partial charge in [0.2, 0.25) is 33.6 Å². The number of sulfonamides is 1. The van der Waals surface area contributed by atoms with Crippen molar-refractivity contribution in [3.8, 4) is 11.8 Å². The smallest absolute Gasteiger partial charge is 0.259 e. The highest BCUT2D eigenvalue weighted by Crippen LogP contribution is 2.46. The molecule has 0 spiro atoms. The number of methoxy groups -OCH3 is 1. The number of nitrogens with one attached hydrogen (secondary N) is 2. The van der Waals surface area contributed by atoms with Gasteiger partial charge in [0.05, 0.1) is 18.9 Å². The molecule has 1 aromatic carbocycles. The van der Waals surface area contributed by atoms with Crippen molar-refractivity contribution in [1.29, 1.82) is 0 Å². The second-order valence-electron chi connectivity index (χ2n) is 13.5. The van der Waals surface area contributed by atoms with Crippen molar-refractivity contribution in [1.82, 2.24) is 19.9 Å². The van der Waals surface area contributed by atoms with Crippen molar-refractivity contribution < 1.29 is 32.3 Å². The van der Waals surface area contributed by atoms with Crippen LogP contribution in [0, 0.1) is 17.8 Å². The predicted octanol–water partition coefficient (Wildman–Crippen LogP) is 3.87. The molecule has 0 unspecified atom stereocenters. The molecule has 2 aromatic rings. The average molecular weight is 653 g/mol. The summed E-state index contributed by atoms with van der Waals surface area (Å²) in [5, 5.41) is 4.01. The second kappa shape index (κ2) is 12.8. The van der Waals surface area contributed by atoms with E-state index in [1.165, 1.54) is 7.11 Å². The molecule has 1 saturated heterocycles. The van der Waals surface area contributed by atoms with Gasteiger partial charge in [0.15, 0.2) is 0 Å². The van der Waals surface area contributed by atoms with E-state index >= 15 is 0 Å². The molecule has 2 N–H and O–H groups in total. The van der Waals surface area contributed by atoms with Crippen molar-refractivity contribution in [2.24, 2.45) is 17.8 Å². The SMILES string of the molecule is CC[C@H]1CC(=O)N2C[C@H](Oc3nc(OC)cc4ccccc34)C[C@H]2C(=O)N[C@]2(C(=O)NS(=O)(=O)C3CC3)C[C@H]2/C=C\CC[C@@H](C)C1. The second-order valence-corrected chi connectivity index (χ2v) is 15.5. The van der Waals surface area contributed by atoms with E-state index < -0.39 is 44.8 Å². The Hall–Kier alpha value is -3.67. The van der Waals surface area contributed by atoms with Crippen LogP contribution in [0.2, 0.25) is 0 Å². The number of hydrogen-bond acceptors (Lipinski definition) is 8. The van der Waals surface area contributed by atoms with Crippen molar-refractivity contribution in [3.63, 3.8) is 0 Å². The molecule has 2 saturated carbocycles. The minimum Gasteiger partial charge on any atom is -0.481 e. The third-order valence-electron chi connectivity index (χ3n) is 9.99. The summed E-state index contributed by atoms with van der Waals surface area (Å²) in [4.78, 5) is 47.7. The largest absolute Gasteiger partial charge is 0.481 e. The molecule has 3 fully saturated rings. The quantitative estimate of drug-likeness (QED) is 0.429. The summed E-state index contributed by atoms with van der Waals surface area (Å²) in [5.74, 6) is -0.399. The van der Waals surface area contributed by atoms with Gasteiger partial charge in [0.25, 0.3) is 5.91 Å². The van der Waals surface area contributed by atoms with Crippen LogP contribution in [0.3, 0.4) is 0 Å². The molecule has 12 heteroatoms. The molecule has 0 radical (unpaired) electrons. The lowest BCUT2D eigenvalue weighted by Gasteiger charge is -2.28. The highest BCUT2D eigenvalue weighted by molar-refractivity contribution is 7.91. The number of pyridine rings is 1. The van der Waals surface area contributed by atoms with Crippen LogP contribution in [0.15, 0.2) is 42.5 Å². The zero-order chi connectivity index (χ0) is 32.6. The van der Waals surface area contributed by atoms with Gasteiger partial charge in [-0.25, -0.2) is 8.42 Å². The summed E-state index contributed by atoms with van der Waals surface area (Å²) >= 11 is 0. The first kappa shape index (κ1) is 32.3. The Morgan fingerprint density at radius 2 is 1.96 bits per heavy atom. The summed E-state index contributed by atoms with van der Waals surface area (Å²) in [6.07, 6.45) is 8.70. The molecule has 6 atom stereocenters. The molecule has 3 heterocycles. The van der Waals surface area contributed by atoms with E-state index in [2.05, 4.69) is 28.9 Å². The predicted molar refractivity (Wildman–Crippen MR) is 172 cm³/mol. The van der Waals surface area contributed by atoms with E-state index in [1.807, 2.05) is 42.5 Å². The van der Waals surface area contributed by atoms with Crippen LogP contribution in [0.5, 0.6) is 11.8 Å². The van der Waals surface area contributed by atoms with Crippen LogP contribution in [0.1, 0.15) is 71.6 Å². The highest BCUT2D eigenvalue weighted by atomic mass is 32.2. The first-order valence-electron chi connectivity index (χ1n) is 16.5. The van der Waals surface area contributed by atoms with Gasteiger partial charge in [0.1, 0.15) is 17.7 Å². The lowest BCUT2D eigenvalue weighted by molar-refractivity contribution is -0.140. The van der Waals surface area contributed by atoms with Crippen LogP contribution < -0.4 is 19.5 Å². The number of benzene rings is 1. The lowest BCUT2D eigenvalue weighted by atomic mass is 9.88. The minimum atomic E-state index is -3.82. The topological polar surface area (TPSA) is 144 Å². The first-order valence-corrected chi connectivity index (χ1v) is 18.0. The Balaban J connectivity index is 1.30. The minimum absolute atomic E-state index is 0.135. The highest BCUT2D eigenvalue weighted by Gasteiger charge is 2.62. The van der Waals surface area contributed by atoms with Crippen LogP contribution in [0.25, 0.3) is 10.8 Å². The zero-order valence-electron chi connectivity index (χ0n) is 26.7. The molecule has 2 aliphatic heterocycles. The number of hydrogen-bond donors (Lipinski definition) is 2. The van der Waals surface area contributed by atoms with Crippen molar-refractivity contribution >= 4 is 38.5 Å². The van der Waals surface area contributed by atoms with E-state index in [9.17, 15) is 22.8 Å². The number of nitrogens with zero attached hydrogens (tertiary/aromatic N) is 2. The fourth-order valence-electron chi connectivity index (χ4n) is 6.96. The first-order chi connectivity index (χ1) is 22.0. The Labute approximate surface area is 270 Å². The molecule has 2 aliphatic carbocycles. The lowest BCUT2D eigenvalue weighted by Crippen LogP contribution is -2.56. The maximum absolute atomic E-state index is 14.1. The number of ether oxygens (including phenoxy) is 2. The third kappa shape index (κ3) is 6.72. The van der Waals surface area contributed by atoms with Crippen LogP contribution >= 0.6 is 0 Å². The normalized spacial score (nSPS) is 31.1. The average Bonchev–Trinajstić information content (AvgIpc) is 3.95. The molecule has 11 nitrogen and oxygen atoms in total. The summed E-state index contributed by atoms with van der Waals surface area (Å²) in [6.45, 7) is 4.45. The number of carbonyl (C=O) groups excluding carboxylic acids is 3. The third-order valence-corrected chi connectivity index (χ3v) is 11.8. The van der Waals surface area contributed by atoms with Crippen LogP contribution in [-0.4, -0.2) is 72.6 Å². The molecular weight excluding hydrogens is 608 g/mol. The zero-order valence-corrected chi connectivity index (χ0v) is 27.6. The Bertz CT molecular complexity index is 1640. The van der Waals surface area contributed by atoms with Gasteiger partial charge in [-0.1, -0.05) is 50.6 Å². The molecule has 0 bridgehead atoms. The number of carbonyl (C=O) groups is 3. The molecule has 46 heavy (non-hydrogen) atoms. The summed E-state index contributed by atoms with van der Waals surface area (Å²) in [5.41, 5.74) is -1.40. The van der Waals surface area contributed by atoms with Gasteiger partial charge in [-0.15, -0.1) is 0 Å². The van der Waals surface area contributed by atoms with Gasteiger partial charge >= 0.3 is 0 Å². The standard InChI is InChI=1S/C34H44N4O7S/c1-4-22-15-21(2)9-5-7-11-24-19-34(24,33(41)37-46(42,43)26-13-14-26)36-31(40)28-18-25(20-38(28)30(39)16-22)45-32-27-12-8-6-10-23(27)17-29(35-32)44-3/h6-8,10-12,17,21-22,24-26,28H,4-5,9,13-16,18-20H2,1-3H3,(H,36,40)(H,37,41)/b11-7-/t21-,22-,24-,25-,28+,34-/m1/s1. The fraction of sp³-hybridized carbons (Fsp3) is 0.588. The summed E-state index contributed by atoms with van der Waals surface area (Å²) < 4.78 is 39.5. The fourth-order valence-corrected chi connectivity index (χ4v) is 8.32. The molecule has 4 aliphatic rings.